The Kier molecular flexibility index (Phi) is 3.53. The van der Waals surface area contributed by atoms with E-state index in [0.717, 1.165) is 16.1 Å². The molecule has 3 heteroatoms. The SMILES string of the molecule is Clc1ccccc1CN1C=C[C@@H](c2ccccc2)O1. The second kappa shape index (κ2) is 5.47. The van der Waals surface area contributed by atoms with E-state index in [1.165, 1.54) is 0 Å². The summed E-state index contributed by atoms with van der Waals surface area (Å²) in [6.07, 6.45) is 4.00. The summed E-state index contributed by atoms with van der Waals surface area (Å²) in [6.45, 7) is 0.652. The molecule has 0 unspecified atom stereocenters. The number of benzene rings is 2. The molecule has 0 saturated heterocycles. The molecule has 0 spiro atoms. The second-order valence-electron chi connectivity index (χ2n) is 4.44. The van der Waals surface area contributed by atoms with Crippen molar-refractivity contribution in [2.45, 2.75) is 12.6 Å². The fourth-order valence-electron chi connectivity index (χ4n) is 2.09. The molecule has 0 N–H and O–H groups in total. The van der Waals surface area contributed by atoms with Gasteiger partial charge in [0.2, 0.25) is 0 Å². The van der Waals surface area contributed by atoms with Crippen LogP contribution in [0.1, 0.15) is 17.2 Å². The standard InChI is InChI=1S/C16H14ClNO/c17-15-9-5-4-8-14(15)12-18-11-10-16(19-18)13-6-2-1-3-7-13/h1-11,16H,12H2/t16-/m0/s1. The van der Waals surface area contributed by atoms with Crippen LogP contribution in [0.2, 0.25) is 5.02 Å². The van der Waals surface area contributed by atoms with Crippen molar-refractivity contribution in [1.29, 1.82) is 0 Å². The lowest BCUT2D eigenvalue weighted by Crippen LogP contribution is -2.14. The third-order valence-corrected chi connectivity index (χ3v) is 3.46. The number of halogens is 1. The Labute approximate surface area is 117 Å². The minimum atomic E-state index is -0.0105. The van der Waals surface area contributed by atoms with Crippen LogP contribution in [-0.2, 0) is 11.4 Å². The molecule has 0 aliphatic carbocycles. The highest BCUT2D eigenvalue weighted by atomic mass is 35.5. The Bertz CT molecular complexity index is 582. The molecule has 1 heterocycles. The zero-order chi connectivity index (χ0) is 13.1. The molecule has 0 aromatic heterocycles. The lowest BCUT2D eigenvalue weighted by atomic mass is 10.1. The van der Waals surface area contributed by atoms with Gasteiger partial charge in [0.25, 0.3) is 0 Å². The Morgan fingerprint density at radius 1 is 1.00 bits per heavy atom. The highest BCUT2D eigenvalue weighted by Crippen LogP contribution is 2.28. The van der Waals surface area contributed by atoms with Gasteiger partial charge in [0.15, 0.2) is 0 Å². The van der Waals surface area contributed by atoms with Crippen molar-refractivity contribution >= 4 is 11.6 Å². The Morgan fingerprint density at radius 3 is 2.53 bits per heavy atom. The van der Waals surface area contributed by atoms with E-state index in [1.54, 1.807) is 0 Å². The fourth-order valence-corrected chi connectivity index (χ4v) is 2.28. The fraction of sp³-hybridized carbons (Fsp3) is 0.125. The highest BCUT2D eigenvalue weighted by molar-refractivity contribution is 6.31. The molecular formula is C16H14ClNO. The van der Waals surface area contributed by atoms with Crippen molar-refractivity contribution in [3.8, 4) is 0 Å². The maximum atomic E-state index is 6.15. The summed E-state index contributed by atoms with van der Waals surface area (Å²) in [5.41, 5.74) is 2.21. The van der Waals surface area contributed by atoms with Crippen molar-refractivity contribution in [1.82, 2.24) is 5.06 Å². The summed E-state index contributed by atoms with van der Waals surface area (Å²) in [5, 5.41) is 2.58. The van der Waals surface area contributed by atoms with E-state index in [1.807, 2.05) is 59.8 Å². The molecule has 1 atom stereocenters. The van der Waals surface area contributed by atoms with Gasteiger partial charge < -0.3 is 0 Å². The maximum absolute atomic E-state index is 6.15. The highest BCUT2D eigenvalue weighted by Gasteiger charge is 2.19. The summed E-state index contributed by atoms with van der Waals surface area (Å²) in [4.78, 5) is 5.87. The van der Waals surface area contributed by atoms with E-state index < -0.39 is 0 Å². The van der Waals surface area contributed by atoms with Crippen LogP contribution >= 0.6 is 11.6 Å². The zero-order valence-corrected chi connectivity index (χ0v) is 11.1. The van der Waals surface area contributed by atoms with Crippen LogP contribution in [-0.4, -0.2) is 5.06 Å². The third kappa shape index (κ3) is 2.80. The summed E-state index contributed by atoms with van der Waals surface area (Å²) in [5.74, 6) is 0. The van der Waals surface area contributed by atoms with Gasteiger partial charge in [0, 0.05) is 11.2 Å². The smallest absolute Gasteiger partial charge is 0.131 e. The maximum Gasteiger partial charge on any atom is 0.131 e. The monoisotopic (exact) mass is 271 g/mol. The molecule has 19 heavy (non-hydrogen) atoms. The minimum absolute atomic E-state index is 0.0105. The molecule has 0 fully saturated rings. The average Bonchev–Trinajstić information content (AvgIpc) is 2.91. The Hall–Kier alpha value is -1.77. The van der Waals surface area contributed by atoms with Crippen LogP contribution in [0, 0.1) is 0 Å². The molecule has 2 nitrogen and oxygen atoms in total. The van der Waals surface area contributed by atoms with Gasteiger partial charge in [-0.25, -0.2) is 0 Å². The van der Waals surface area contributed by atoms with Crippen molar-refractivity contribution in [2.75, 3.05) is 0 Å². The molecule has 2 aromatic rings. The first-order valence-corrected chi connectivity index (χ1v) is 6.61. The lowest BCUT2D eigenvalue weighted by molar-refractivity contribution is -0.137. The summed E-state index contributed by atoms with van der Waals surface area (Å²) >= 11 is 6.15. The third-order valence-electron chi connectivity index (χ3n) is 3.09. The molecule has 0 saturated carbocycles. The van der Waals surface area contributed by atoms with Gasteiger partial charge in [-0.3, -0.25) is 9.90 Å². The van der Waals surface area contributed by atoms with Crippen molar-refractivity contribution in [3.05, 3.63) is 83.0 Å². The van der Waals surface area contributed by atoms with Gasteiger partial charge in [0.05, 0.1) is 6.54 Å². The van der Waals surface area contributed by atoms with Gasteiger partial charge in [0.1, 0.15) is 6.10 Å². The van der Waals surface area contributed by atoms with Crippen LogP contribution in [0.25, 0.3) is 0 Å². The van der Waals surface area contributed by atoms with E-state index >= 15 is 0 Å². The Balaban J connectivity index is 1.68. The summed E-state index contributed by atoms with van der Waals surface area (Å²) < 4.78 is 0. The summed E-state index contributed by atoms with van der Waals surface area (Å²) in [6, 6.07) is 18.0. The molecule has 0 bridgehead atoms. The molecule has 1 aliphatic heterocycles. The normalized spacial score (nSPS) is 17.9. The van der Waals surface area contributed by atoms with Crippen molar-refractivity contribution in [2.24, 2.45) is 0 Å². The molecule has 3 rings (SSSR count). The van der Waals surface area contributed by atoms with Gasteiger partial charge in [-0.15, -0.1) is 0 Å². The van der Waals surface area contributed by atoms with E-state index in [0.29, 0.717) is 6.54 Å². The van der Waals surface area contributed by atoms with Gasteiger partial charge in [-0.1, -0.05) is 60.1 Å². The van der Waals surface area contributed by atoms with Crippen LogP contribution in [0.15, 0.2) is 66.9 Å². The van der Waals surface area contributed by atoms with E-state index in [4.69, 9.17) is 16.4 Å². The van der Waals surface area contributed by atoms with E-state index in [2.05, 4.69) is 12.1 Å². The Morgan fingerprint density at radius 2 is 1.74 bits per heavy atom. The number of hydroxylamine groups is 2. The van der Waals surface area contributed by atoms with Gasteiger partial charge >= 0.3 is 0 Å². The largest absolute Gasteiger partial charge is 0.261 e. The molecule has 96 valence electrons. The zero-order valence-electron chi connectivity index (χ0n) is 10.4. The number of rotatable bonds is 3. The quantitative estimate of drug-likeness (QED) is 0.823. The van der Waals surface area contributed by atoms with Gasteiger partial charge in [-0.05, 0) is 23.3 Å². The minimum Gasteiger partial charge on any atom is -0.261 e. The second-order valence-corrected chi connectivity index (χ2v) is 4.85. The van der Waals surface area contributed by atoms with Crippen LogP contribution < -0.4 is 0 Å². The van der Waals surface area contributed by atoms with Crippen LogP contribution in [0.4, 0.5) is 0 Å². The molecule has 1 aliphatic rings. The van der Waals surface area contributed by atoms with Crippen LogP contribution in [0.3, 0.4) is 0 Å². The predicted octanol–water partition coefficient (Wildman–Crippen LogP) is 4.34. The summed E-state index contributed by atoms with van der Waals surface area (Å²) in [7, 11) is 0. The van der Waals surface area contributed by atoms with Gasteiger partial charge in [-0.2, -0.15) is 0 Å². The average molecular weight is 272 g/mol. The molecular weight excluding hydrogens is 258 g/mol. The topological polar surface area (TPSA) is 12.5 Å². The lowest BCUT2D eigenvalue weighted by Gasteiger charge is -2.18. The number of nitrogens with zero attached hydrogens (tertiary/aromatic N) is 1. The first kappa shape index (κ1) is 12.3. The molecule has 0 radical (unpaired) electrons. The first-order valence-electron chi connectivity index (χ1n) is 6.23. The molecule has 2 aromatic carbocycles. The predicted molar refractivity (Wildman–Crippen MR) is 76.4 cm³/mol. The first-order chi connectivity index (χ1) is 9.33. The van der Waals surface area contributed by atoms with Crippen LogP contribution in [0.5, 0.6) is 0 Å². The van der Waals surface area contributed by atoms with Crippen molar-refractivity contribution in [3.63, 3.8) is 0 Å². The number of hydrogen-bond acceptors (Lipinski definition) is 2. The van der Waals surface area contributed by atoms with E-state index in [9.17, 15) is 0 Å². The van der Waals surface area contributed by atoms with Crippen molar-refractivity contribution < 1.29 is 4.84 Å². The van der Waals surface area contributed by atoms with E-state index in [-0.39, 0.29) is 6.10 Å². The number of hydrogen-bond donors (Lipinski definition) is 0. The molecule has 0 amide bonds.